The van der Waals surface area contributed by atoms with Crippen molar-refractivity contribution in [2.45, 2.75) is 30.6 Å². The number of carbonyl (C=O) groups excluding carboxylic acids is 4. The number of carboxylic acids is 1. The molecule has 4 amide bonds. The number of thiol groups is 2. The van der Waals surface area contributed by atoms with Crippen LogP contribution in [0.1, 0.15) is 6.42 Å². The van der Waals surface area contributed by atoms with Gasteiger partial charge >= 0.3 is 5.97 Å². The summed E-state index contributed by atoms with van der Waals surface area (Å²) in [5.41, 5.74) is 10.5. The van der Waals surface area contributed by atoms with Crippen LogP contribution in [0, 0.1) is 0 Å². The van der Waals surface area contributed by atoms with Crippen molar-refractivity contribution in [3.63, 3.8) is 0 Å². The third kappa shape index (κ3) is 8.94. The molecule has 27 heavy (non-hydrogen) atoms. The minimum atomic E-state index is -1.54. The summed E-state index contributed by atoms with van der Waals surface area (Å²) >= 11 is 7.61. The van der Waals surface area contributed by atoms with E-state index in [4.69, 9.17) is 16.6 Å². The van der Waals surface area contributed by atoms with Crippen molar-refractivity contribution < 1.29 is 34.2 Å². The number of primary amides is 1. The van der Waals surface area contributed by atoms with Gasteiger partial charge in [0.2, 0.25) is 23.6 Å². The molecule has 0 aromatic rings. The molecule has 0 aliphatic rings. The molecule has 0 bridgehead atoms. The minimum absolute atomic E-state index is 0.0290. The lowest BCUT2D eigenvalue weighted by Gasteiger charge is -2.23. The summed E-state index contributed by atoms with van der Waals surface area (Å²) in [7, 11) is 0. The number of rotatable bonds is 12. The number of hydrogen-bond acceptors (Lipinski definition) is 9. The van der Waals surface area contributed by atoms with Crippen LogP contribution in [-0.4, -0.2) is 82.1 Å². The summed E-state index contributed by atoms with van der Waals surface area (Å²) in [6.07, 6.45) is -0.592. The van der Waals surface area contributed by atoms with Crippen molar-refractivity contribution in [3.05, 3.63) is 0 Å². The highest BCUT2D eigenvalue weighted by Crippen LogP contribution is 1.97. The lowest BCUT2D eigenvalue weighted by molar-refractivity contribution is -0.142. The van der Waals surface area contributed by atoms with E-state index in [1.807, 2.05) is 0 Å². The monoisotopic (exact) mass is 425 g/mol. The average Bonchev–Trinajstić information content (AvgIpc) is 2.61. The van der Waals surface area contributed by atoms with Crippen molar-refractivity contribution in [1.29, 1.82) is 0 Å². The van der Waals surface area contributed by atoms with Gasteiger partial charge in [-0.2, -0.15) is 25.3 Å². The number of nitrogens with two attached hydrogens (primary N) is 2. The van der Waals surface area contributed by atoms with Crippen molar-refractivity contribution in [2.24, 2.45) is 11.5 Å². The number of hydrogen-bond donors (Lipinski definition) is 9. The molecule has 0 heterocycles. The second kappa shape index (κ2) is 12.4. The quantitative estimate of drug-likeness (QED) is 0.139. The molecule has 0 saturated carbocycles. The summed E-state index contributed by atoms with van der Waals surface area (Å²) in [6, 6.07) is -5.39. The molecular formula is C13H23N5O7S2. The highest BCUT2D eigenvalue weighted by molar-refractivity contribution is 7.80. The second-order valence-electron chi connectivity index (χ2n) is 5.35. The number of aliphatic hydroxyl groups is 1. The van der Waals surface area contributed by atoms with Gasteiger partial charge in [0.25, 0.3) is 0 Å². The third-order valence-electron chi connectivity index (χ3n) is 3.18. The first-order chi connectivity index (χ1) is 12.6. The van der Waals surface area contributed by atoms with Crippen molar-refractivity contribution in [3.8, 4) is 0 Å². The minimum Gasteiger partial charge on any atom is -0.480 e. The fraction of sp³-hybridized carbons (Fsp3) is 0.615. The molecule has 0 fully saturated rings. The van der Waals surface area contributed by atoms with Crippen molar-refractivity contribution >= 4 is 54.9 Å². The Bertz CT molecular complexity index is 577. The molecule has 0 aliphatic heterocycles. The van der Waals surface area contributed by atoms with Crippen LogP contribution in [0.3, 0.4) is 0 Å². The SMILES string of the molecule is NC(=O)C[C@H](NC(=O)[C@@H](N)CS)C(=O)N[C@@H](CO)C(=O)N[C@@H](CS)C(=O)O. The molecule has 0 aliphatic carbocycles. The van der Waals surface area contributed by atoms with E-state index < -0.39 is 66.8 Å². The van der Waals surface area contributed by atoms with Crippen LogP contribution in [0.25, 0.3) is 0 Å². The Balaban J connectivity index is 5.13. The maximum Gasteiger partial charge on any atom is 0.327 e. The van der Waals surface area contributed by atoms with E-state index in [1.54, 1.807) is 0 Å². The number of aliphatic hydroxyl groups excluding tert-OH is 1. The van der Waals surface area contributed by atoms with E-state index >= 15 is 0 Å². The molecule has 0 radical (unpaired) electrons. The standard InChI is InChI=1S/C13H23N5O7S2/c14-5(3-26)10(21)16-6(1-9(15)20)11(22)17-7(2-19)12(23)18-8(4-27)13(24)25/h5-8,19,26-27H,1-4,14H2,(H2,15,20)(H,16,21)(H,17,22)(H,18,23)(H,24,25)/t5-,6-,7-,8-/m0/s1. The zero-order valence-corrected chi connectivity index (χ0v) is 15.9. The molecule has 0 aromatic heterocycles. The van der Waals surface area contributed by atoms with Gasteiger partial charge in [-0.1, -0.05) is 0 Å². The average molecular weight is 425 g/mol. The van der Waals surface area contributed by atoms with Gasteiger partial charge in [0, 0.05) is 11.5 Å². The lowest BCUT2D eigenvalue weighted by Crippen LogP contribution is -2.59. The second-order valence-corrected chi connectivity index (χ2v) is 6.08. The summed E-state index contributed by atoms with van der Waals surface area (Å²) in [5, 5.41) is 24.5. The fourth-order valence-electron chi connectivity index (χ4n) is 1.70. The van der Waals surface area contributed by atoms with E-state index in [2.05, 4.69) is 41.2 Å². The molecule has 0 spiro atoms. The van der Waals surface area contributed by atoms with Crippen LogP contribution in [0.5, 0.6) is 0 Å². The van der Waals surface area contributed by atoms with Crippen molar-refractivity contribution in [2.75, 3.05) is 18.1 Å². The van der Waals surface area contributed by atoms with E-state index in [0.29, 0.717) is 0 Å². The van der Waals surface area contributed by atoms with Gasteiger partial charge in [-0.25, -0.2) is 4.79 Å². The predicted octanol–water partition coefficient (Wildman–Crippen LogP) is -4.42. The van der Waals surface area contributed by atoms with Crippen LogP contribution >= 0.6 is 25.3 Å². The molecule has 9 N–H and O–H groups in total. The molecule has 0 saturated heterocycles. The molecule has 14 heteroatoms. The van der Waals surface area contributed by atoms with Crippen LogP contribution < -0.4 is 27.4 Å². The zero-order valence-electron chi connectivity index (χ0n) is 14.1. The van der Waals surface area contributed by atoms with E-state index in [0.717, 1.165) is 0 Å². The van der Waals surface area contributed by atoms with Gasteiger partial charge in [0.1, 0.15) is 18.1 Å². The summed E-state index contributed by atoms with van der Waals surface area (Å²) in [5.74, 6) is -5.31. The maximum atomic E-state index is 12.3. The summed E-state index contributed by atoms with van der Waals surface area (Å²) in [6.45, 7) is -0.871. The Morgan fingerprint density at radius 1 is 0.852 bits per heavy atom. The highest BCUT2D eigenvalue weighted by atomic mass is 32.1. The maximum absolute atomic E-state index is 12.3. The first kappa shape index (κ1) is 25.0. The largest absolute Gasteiger partial charge is 0.480 e. The zero-order chi connectivity index (χ0) is 21.1. The van der Waals surface area contributed by atoms with Crippen molar-refractivity contribution in [1.82, 2.24) is 16.0 Å². The number of carboxylic acid groups (broad SMARTS) is 1. The normalized spacial score (nSPS) is 15.0. The Labute approximate surface area is 165 Å². The molecule has 4 atom stereocenters. The van der Waals surface area contributed by atoms with Gasteiger partial charge in [-0.3, -0.25) is 19.2 Å². The highest BCUT2D eigenvalue weighted by Gasteiger charge is 2.30. The fourth-order valence-corrected chi connectivity index (χ4v) is 2.11. The molecule has 154 valence electrons. The van der Waals surface area contributed by atoms with Crippen LogP contribution in [0.4, 0.5) is 0 Å². The van der Waals surface area contributed by atoms with E-state index in [-0.39, 0.29) is 11.5 Å². The molecule has 12 nitrogen and oxygen atoms in total. The Morgan fingerprint density at radius 3 is 1.74 bits per heavy atom. The summed E-state index contributed by atoms with van der Waals surface area (Å²) < 4.78 is 0. The predicted molar refractivity (Wildman–Crippen MR) is 100 cm³/mol. The number of carbonyl (C=O) groups is 5. The third-order valence-corrected chi connectivity index (χ3v) is 3.94. The van der Waals surface area contributed by atoms with Gasteiger partial charge in [-0.15, -0.1) is 0 Å². The van der Waals surface area contributed by atoms with Gasteiger partial charge in [0.15, 0.2) is 0 Å². The topological polar surface area (TPSA) is 214 Å². The number of nitrogens with one attached hydrogen (secondary N) is 3. The Kier molecular flexibility index (Phi) is 11.4. The lowest BCUT2D eigenvalue weighted by atomic mass is 10.1. The van der Waals surface area contributed by atoms with Crippen LogP contribution in [-0.2, 0) is 24.0 Å². The first-order valence-corrected chi connectivity index (χ1v) is 8.84. The smallest absolute Gasteiger partial charge is 0.327 e. The first-order valence-electron chi connectivity index (χ1n) is 7.57. The van der Waals surface area contributed by atoms with Gasteiger partial charge in [0.05, 0.1) is 19.1 Å². The van der Waals surface area contributed by atoms with Gasteiger partial charge in [-0.05, 0) is 0 Å². The molecular weight excluding hydrogens is 402 g/mol. The number of amides is 4. The Morgan fingerprint density at radius 2 is 1.33 bits per heavy atom. The summed E-state index contributed by atoms with van der Waals surface area (Å²) in [4.78, 5) is 58.1. The van der Waals surface area contributed by atoms with E-state index in [1.165, 1.54) is 0 Å². The van der Waals surface area contributed by atoms with Gasteiger partial charge < -0.3 is 37.6 Å². The molecule has 0 aromatic carbocycles. The van der Waals surface area contributed by atoms with Crippen LogP contribution in [0.2, 0.25) is 0 Å². The number of aliphatic carboxylic acids is 1. The molecule has 0 unspecified atom stereocenters. The van der Waals surface area contributed by atoms with Crippen LogP contribution in [0.15, 0.2) is 0 Å². The Hall–Kier alpha value is -2.03. The molecule has 0 rings (SSSR count). The van der Waals surface area contributed by atoms with E-state index in [9.17, 15) is 29.1 Å².